The lowest BCUT2D eigenvalue weighted by molar-refractivity contribution is -0.384. The number of hydrogen-bond acceptors (Lipinski definition) is 5. The Hall–Kier alpha value is -3.26. The number of primary amides is 1. The number of nitrogens with two attached hydrogens (primary N) is 1. The van der Waals surface area contributed by atoms with E-state index in [4.69, 9.17) is 17.3 Å². The molecule has 8 nitrogen and oxygen atoms in total. The maximum atomic E-state index is 12.1. The number of hydrogen-bond donors (Lipinski definition) is 1. The number of nitrogens with zero attached hydrogens (tertiary/aromatic N) is 3. The number of non-ortho nitro benzene ring substituents is 1. The van der Waals surface area contributed by atoms with Crippen molar-refractivity contribution in [3.63, 3.8) is 0 Å². The Morgan fingerprint density at radius 3 is 2.40 bits per heavy atom. The predicted octanol–water partition coefficient (Wildman–Crippen LogP) is 2.41. The third-order valence-electron chi connectivity index (χ3n) is 3.22. The van der Waals surface area contributed by atoms with Crippen molar-refractivity contribution in [2.75, 3.05) is 5.01 Å². The average molecular weight is 361 g/mol. The van der Waals surface area contributed by atoms with Gasteiger partial charge in [0.15, 0.2) is 0 Å². The van der Waals surface area contributed by atoms with Crippen LogP contribution in [-0.2, 0) is 9.59 Å². The van der Waals surface area contributed by atoms with Crippen LogP contribution in [0.2, 0.25) is 5.02 Å². The van der Waals surface area contributed by atoms with Gasteiger partial charge < -0.3 is 5.73 Å². The summed E-state index contributed by atoms with van der Waals surface area (Å²) in [6.45, 7) is 1.70. The molecule has 0 saturated carbocycles. The Morgan fingerprint density at radius 1 is 1.24 bits per heavy atom. The fourth-order valence-electron chi connectivity index (χ4n) is 1.99. The Morgan fingerprint density at radius 2 is 1.88 bits per heavy atom. The molecule has 0 atom stereocenters. The van der Waals surface area contributed by atoms with Crippen LogP contribution in [0.15, 0.2) is 47.6 Å². The van der Waals surface area contributed by atoms with E-state index in [-0.39, 0.29) is 5.69 Å². The Kier molecular flexibility index (Phi) is 5.45. The van der Waals surface area contributed by atoms with Crippen LogP contribution >= 0.6 is 11.6 Å². The van der Waals surface area contributed by atoms with Crippen molar-refractivity contribution in [2.24, 2.45) is 10.8 Å². The molecule has 0 fully saturated rings. The van der Waals surface area contributed by atoms with Gasteiger partial charge in [-0.3, -0.25) is 19.7 Å². The van der Waals surface area contributed by atoms with Gasteiger partial charge in [0, 0.05) is 17.2 Å². The summed E-state index contributed by atoms with van der Waals surface area (Å²) in [6.07, 6.45) is 1.29. The largest absolute Gasteiger partial charge is 0.361 e. The second kappa shape index (κ2) is 7.54. The highest BCUT2D eigenvalue weighted by atomic mass is 35.5. The third kappa shape index (κ3) is 4.39. The van der Waals surface area contributed by atoms with Gasteiger partial charge in [0.25, 0.3) is 5.69 Å². The number of halogens is 1. The van der Waals surface area contributed by atoms with Gasteiger partial charge in [0.2, 0.25) is 0 Å². The number of nitro groups is 1. The van der Waals surface area contributed by atoms with Gasteiger partial charge in [-0.05, 0) is 48.4 Å². The van der Waals surface area contributed by atoms with Crippen LogP contribution in [0.1, 0.15) is 11.1 Å². The number of rotatable bonds is 4. The van der Waals surface area contributed by atoms with Crippen LogP contribution in [0.3, 0.4) is 0 Å². The molecule has 0 spiro atoms. The Bertz CT molecular complexity index is 865. The molecule has 0 aliphatic carbocycles. The van der Waals surface area contributed by atoms with Crippen molar-refractivity contribution in [1.82, 2.24) is 0 Å². The molecule has 2 aromatic carbocycles. The van der Waals surface area contributed by atoms with Gasteiger partial charge in [-0.1, -0.05) is 11.6 Å². The van der Waals surface area contributed by atoms with Crippen LogP contribution in [-0.4, -0.2) is 23.0 Å². The van der Waals surface area contributed by atoms with E-state index in [2.05, 4.69) is 5.10 Å². The summed E-state index contributed by atoms with van der Waals surface area (Å²) < 4.78 is 0. The third-order valence-corrected chi connectivity index (χ3v) is 3.45. The first-order chi connectivity index (χ1) is 11.8. The maximum absolute atomic E-state index is 12.1. The summed E-state index contributed by atoms with van der Waals surface area (Å²) in [6, 6.07) is 10.2. The van der Waals surface area contributed by atoms with E-state index in [0.29, 0.717) is 21.8 Å². The molecule has 2 rings (SSSR count). The highest BCUT2D eigenvalue weighted by Crippen LogP contribution is 2.24. The highest BCUT2D eigenvalue weighted by Gasteiger charge is 2.22. The zero-order valence-electron chi connectivity index (χ0n) is 13.0. The minimum absolute atomic E-state index is 0.0734. The molecule has 0 aliphatic heterocycles. The van der Waals surface area contributed by atoms with Crippen molar-refractivity contribution < 1.29 is 14.5 Å². The number of nitro benzene ring substituents is 1. The highest BCUT2D eigenvalue weighted by molar-refractivity contribution is 6.40. The topological polar surface area (TPSA) is 119 Å². The molecule has 0 heterocycles. The monoisotopic (exact) mass is 360 g/mol. The van der Waals surface area contributed by atoms with Crippen molar-refractivity contribution >= 4 is 41.0 Å². The van der Waals surface area contributed by atoms with E-state index >= 15 is 0 Å². The van der Waals surface area contributed by atoms with Crippen LogP contribution in [0, 0.1) is 17.0 Å². The standard InChI is InChI=1S/C16H13ClN4O4/c1-10-8-12(17)4-7-14(10)20(16(23)15(18)22)19-9-11-2-5-13(6-3-11)21(24)25/h2-9H,1H3,(H2,18,22)/b19-9+. The zero-order valence-corrected chi connectivity index (χ0v) is 13.8. The van der Waals surface area contributed by atoms with Crippen LogP contribution in [0.25, 0.3) is 0 Å². The van der Waals surface area contributed by atoms with Crippen LogP contribution in [0.4, 0.5) is 11.4 Å². The fraction of sp³-hybridized carbons (Fsp3) is 0.0625. The molecule has 0 bridgehead atoms. The second-order valence-corrected chi connectivity index (χ2v) is 5.44. The quantitative estimate of drug-likeness (QED) is 0.389. The van der Waals surface area contributed by atoms with Crippen LogP contribution < -0.4 is 10.7 Å². The molecule has 25 heavy (non-hydrogen) atoms. The SMILES string of the molecule is Cc1cc(Cl)ccc1N(/N=C/c1ccc([N+](=O)[O-])cc1)C(=O)C(N)=O. The number of anilines is 1. The first-order valence-electron chi connectivity index (χ1n) is 6.98. The van der Waals surface area contributed by atoms with E-state index in [9.17, 15) is 19.7 Å². The molecule has 0 aliphatic rings. The molecule has 0 aromatic heterocycles. The van der Waals surface area contributed by atoms with E-state index in [1.807, 2.05) is 0 Å². The number of carbonyl (C=O) groups is 2. The summed E-state index contributed by atoms with van der Waals surface area (Å²) in [5.41, 5.74) is 6.45. The minimum atomic E-state index is -1.17. The average Bonchev–Trinajstić information content (AvgIpc) is 2.56. The minimum Gasteiger partial charge on any atom is -0.361 e. The number of aryl methyl sites for hydroxylation is 1. The lowest BCUT2D eigenvalue weighted by Gasteiger charge is -2.17. The molecule has 2 N–H and O–H groups in total. The number of hydrazone groups is 1. The summed E-state index contributed by atoms with van der Waals surface area (Å²) in [4.78, 5) is 33.5. The summed E-state index contributed by atoms with van der Waals surface area (Å²) in [5.74, 6) is -2.20. The Balaban J connectivity index is 2.37. The molecule has 2 aromatic rings. The molecular weight excluding hydrogens is 348 g/mol. The van der Waals surface area contributed by atoms with Crippen molar-refractivity contribution in [2.45, 2.75) is 6.92 Å². The lowest BCUT2D eigenvalue weighted by atomic mass is 10.2. The maximum Gasteiger partial charge on any atom is 0.336 e. The number of carbonyl (C=O) groups excluding carboxylic acids is 2. The second-order valence-electron chi connectivity index (χ2n) is 5.01. The molecule has 0 unspecified atom stereocenters. The van der Waals surface area contributed by atoms with Gasteiger partial charge in [-0.2, -0.15) is 10.1 Å². The van der Waals surface area contributed by atoms with E-state index < -0.39 is 16.7 Å². The van der Waals surface area contributed by atoms with Crippen molar-refractivity contribution in [3.05, 3.63) is 68.7 Å². The molecule has 2 amide bonds. The predicted molar refractivity (Wildman–Crippen MR) is 93.6 cm³/mol. The first-order valence-corrected chi connectivity index (χ1v) is 7.36. The molecular formula is C16H13ClN4O4. The zero-order chi connectivity index (χ0) is 18.6. The van der Waals surface area contributed by atoms with Gasteiger partial charge in [-0.25, -0.2) is 0 Å². The van der Waals surface area contributed by atoms with Gasteiger partial charge in [0.05, 0.1) is 16.8 Å². The molecule has 0 radical (unpaired) electrons. The van der Waals surface area contributed by atoms with E-state index in [1.165, 1.54) is 36.5 Å². The van der Waals surface area contributed by atoms with Gasteiger partial charge in [-0.15, -0.1) is 0 Å². The lowest BCUT2D eigenvalue weighted by Crippen LogP contribution is -2.37. The van der Waals surface area contributed by atoms with E-state index in [1.54, 1.807) is 19.1 Å². The van der Waals surface area contributed by atoms with Crippen molar-refractivity contribution in [1.29, 1.82) is 0 Å². The van der Waals surface area contributed by atoms with E-state index in [0.717, 1.165) is 5.01 Å². The van der Waals surface area contributed by atoms with Gasteiger partial charge >= 0.3 is 11.8 Å². The summed E-state index contributed by atoms with van der Waals surface area (Å²) in [7, 11) is 0. The molecule has 9 heteroatoms. The summed E-state index contributed by atoms with van der Waals surface area (Å²) >= 11 is 5.89. The summed E-state index contributed by atoms with van der Waals surface area (Å²) in [5, 5.41) is 16.0. The van der Waals surface area contributed by atoms with Gasteiger partial charge in [0.1, 0.15) is 0 Å². The number of amides is 2. The molecule has 128 valence electrons. The molecule has 0 saturated heterocycles. The van der Waals surface area contributed by atoms with Crippen LogP contribution in [0.5, 0.6) is 0 Å². The van der Waals surface area contributed by atoms with Crippen molar-refractivity contribution in [3.8, 4) is 0 Å². The fourth-order valence-corrected chi connectivity index (χ4v) is 2.22. The number of benzene rings is 2. The first kappa shape index (κ1) is 18.1. The Labute approximate surface area is 147 Å². The normalized spacial score (nSPS) is 10.6. The smallest absolute Gasteiger partial charge is 0.336 e.